The topological polar surface area (TPSA) is 45.5 Å². The van der Waals surface area contributed by atoms with Gasteiger partial charge in [0.05, 0.1) is 18.6 Å². The first-order chi connectivity index (χ1) is 10.2. The summed E-state index contributed by atoms with van der Waals surface area (Å²) in [4.78, 5) is 14.2. The van der Waals surface area contributed by atoms with E-state index in [1.54, 1.807) is 12.5 Å². The number of carbonyl (C=O) groups excluding carboxylic acids is 1. The Labute approximate surface area is 125 Å². The molecule has 0 saturated carbocycles. The molecule has 0 saturated heterocycles. The molecule has 0 spiro atoms. The van der Waals surface area contributed by atoms with Crippen LogP contribution in [0.3, 0.4) is 0 Å². The van der Waals surface area contributed by atoms with Gasteiger partial charge in [0.1, 0.15) is 0 Å². The van der Waals surface area contributed by atoms with Crippen molar-refractivity contribution in [2.24, 2.45) is 0 Å². The van der Waals surface area contributed by atoms with E-state index in [9.17, 15) is 4.79 Å². The van der Waals surface area contributed by atoms with Crippen LogP contribution < -0.4 is 5.32 Å². The predicted octanol–water partition coefficient (Wildman–Crippen LogP) is 3.93. The summed E-state index contributed by atoms with van der Waals surface area (Å²) in [6, 6.07) is 9.69. The molecule has 2 rings (SSSR count). The number of benzene rings is 1. The summed E-state index contributed by atoms with van der Waals surface area (Å²) in [6.45, 7) is 7.48. The number of nitrogens with one attached hydrogen (secondary N) is 1. The van der Waals surface area contributed by atoms with Crippen molar-refractivity contribution in [3.63, 3.8) is 0 Å². The van der Waals surface area contributed by atoms with Gasteiger partial charge >= 0.3 is 0 Å². The van der Waals surface area contributed by atoms with Crippen LogP contribution in [0.15, 0.2) is 47.3 Å². The van der Waals surface area contributed by atoms with Crippen LogP contribution >= 0.6 is 0 Å². The Bertz CT molecular complexity index is 574. The fourth-order valence-corrected chi connectivity index (χ4v) is 2.29. The van der Waals surface area contributed by atoms with Crippen molar-refractivity contribution in [2.45, 2.75) is 26.8 Å². The second-order valence-electron chi connectivity index (χ2n) is 4.98. The molecule has 2 aromatic rings. The van der Waals surface area contributed by atoms with Crippen LogP contribution in [-0.4, -0.2) is 23.9 Å². The average molecular weight is 286 g/mol. The van der Waals surface area contributed by atoms with E-state index >= 15 is 0 Å². The zero-order valence-corrected chi connectivity index (χ0v) is 12.8. The summed E-state index contributed by atoms with van der Waals surface area (Å²) in [5, 5.41) is 3.38. The van der Waals surface area contributed by atoms with Gasteiger partial charge in [-0.3, -0.25) is 4.79 Å². The zero-order chi connectivity index (χ0) is 15.2. The summed E-state index contributed by atoms with van der Waals surface area (Å²) >= 11 is 0. The summed E-state index contributed by atoms with van der Waals surface area (Å²) in [5.74, 6) is 0.0691. The van der Waals surface area contributed by atoms with E-state index < -0.39 is 0 Å². The standard InChI is InChI=1S/C17H22N2O2/c1-4-19(5-2)17(20)14-7-6-8-16(11-14)18-13(3)15-9-10-21-12-15/h6-13,18H,4-5H2,1-3H3. The second-order valence-corrected chi connectivity index (χ2v) is 4.98. The van der Waals surface area contributed by atoms with Crippen molar-refractivity contribution >= 4 is 11.6 Å². The third-order valence-electron chi connectivity index (χ3n) is 3.59. The highest BCUT2D eigenvalue weighted by Crippen LogP contribution is 2.20. The third-order valence-corrected chi connectivity index (χ3v) is 3.59. The van der Waals surface area contributed by atoms with Gasteiger partial charge in [0.25, 0.3) is 5.91 Å². The minimum atomic E-state index is 0.0691. The molecule has 21 heavy (non-hydrogen) atoms. The second kappa shape index (κ2) is 6.97. The zero-order valence-electron chi connectivity index (χ0n) is 12.8. The van der Waals surface area contributed by atoms with E-state index in [-0.39, 0.29) is 11.9 Å². The highest BCUT2D eigenvalue weighted by Gasteiger charge is 2.13. The quantitative estimate of drug-likeness (QED) is 0.875. The van der Waals surface area contributed by atoms with Gasteiger partial charge in [-0.2, -0.15) is 0 Å². The smallest absolute Gasteiger partial charge is 0.253 e. The highest BCUT2D eigenvalue weighted by molar-refractivity contribution is 5.95. The lowest BCUT2D eigenvalue weighted by atomic mass is 10.1. The molecule has 112 valence electrons. The summed E-state index contributed by atoms with van der Waals surface area (Å²) in [5.41, 5.74) is 2.72. The van der Waals surface area contributed by atoms with E-state index in [1.165, 1.54) is 0 Å². The van der Waals surface area contributed by atoms with E-state index in [0.717, 1.165) is 24.3 Å². The van der Waals surface area contributed by atoms with Gasteiger partial charge in [-0.15, -0.1) is 0 Å². The van der Waals surface area contributed by atoms with Gasteiger partial charge < -0.3 is 14.6 Å². The Kier molecular flexibility index (Phi) is 5.04. The van der Waals surface area contributed by atoms with Gasteiger partial charge in [-0.25, -0.2) is 0 Å². The first-order valence-corrected chi connectivity index (χ1v) is 7.33. The van der Waals surface area contributed by atoms with Gasteiger partial charge in [-0.1, -0.05) is 6.07 Å². The van der Waals surface area contributed by atoms with Crippen molar-refractivity contribution in [3.8, 4) is 0 Å². The molecule has 0 aliphatic rings. The van der Waals surface area contributed by atoms with Crippen molar-refractivity contribution in [1.82, 2.24) is 4.90 Å². The number of amides is 1. The SMILES string of the molecule is CCN(CC)C(=O)c1cccc(NC(C)c2ccoc2)c1. The van der Waals surface area contributed by atoms with E-state index in [2.05, 4.69) is 12.2 Å². The van der Waals surface area contributed by atoms with Gasteiger partial charge in [0.2, 0.25) is 0 Å². The molecule has 0 aliphatic heterocycles. The molecule has 0 radical (unpaired) electrons. The van der Waals surface area contributed by atoms with Crippen LogP contribution in [0, 0.1) is 0 Å². The fourth-order valence-electron chi connectivity index (χ4n) is 2.29. The molecule has 1 aromatic carbocycles. The van der Waals surface area contributed by atoms with Crippen LogP contribution in [-0.2, 0) is 0 Å². The molecule has 1 unspecified atom stereocenters. The van der Waals surface area contributed by atoms with Gasteiger partial charge in [-0.05, 0) is 45.0 Å². The Balaban J connectivity index is 2.12. The maximum Gasteiger partial charge on any atom is 0.253 e. The fraction of sp³-hybridized carbons (Fsp3) is 0.353. The van der Waals surface area contributed by atoms with E-state index in [0.29, 0.717) is 5.56 Å². The average Bonchev–Trinajstić information content (AvgIpc) is 3.03. The maximum absolute atomic E-state index is 12.4. The van der Waals surface area contributed by atoms with Gasteiger partial charge in [0, 0.05) is 29.9 Å². The minimum absolute atomic E-state index is 0.0691. The molecule has 1 aromatic heterocycles. The van der Waals surface area contributed by atoms with Crippen molar-refractivity contribution in [2.75, 3.05) is 18.4 Å². The predicted molar refractivity (Wildman–Crippen MR) is 84.4 cm³/mol. The Morgan fingerprint density at radius 1 is 1.29 bits per heavy atom. The number of nitrogens with zero attached hydrogens (tertiary/aromatic N) is 1. The van der Waals surface area contributed by atoms with E-state index in [1.807, 2.05) is 49.1 Å². The molecule has 0 aliphatic carbocycles. The van der Waals surface area contributed by atoms with Gasteiger partial charge in [0.15, 0.2) is 0 Å². The van der Waals surface area contributed by atoms with Crippen LogP contribution in [0.25, 0.3) is 0 Å². The number of anilines is 1. The highest BCUT2D eigenvalue weighted by atomic mass is 16.3. The number of furan rings is 1. The van der Waals surface area contributed by atoms with Crippen molar-refractivity contribution in [1.29, 1.82) is 0 Å². The monoisotopic (exact) mass is 286 g/mol. The number of carbonyl (C=O) groups is 1. The number of rotatable bonds is 6. The van der Waals surface area contributed by atoms with Crippen LogP contribution in [0.1, 0.15) is 42.7 Å². The molecular formula is C17H22N2O2. The summed E-state index contributed by atoms with van der Waals surface area (Å²) in [7, 11) is 0. The van der Waals surface area contributed by atoms with E-state index in [4.69, 9.17) is 4.42 Å². The molecule has 1 atom stereocenters. The first kappa shape index (κ1) is 15.2. The maximum atomic E-state index is 12.4. The minimum Gasteiger partial charge on any atom is -0.472 e. The third kappa shape index (κ3) is 3.66. The summed E-state index contributed by atoms with van der Waals surface area (Å²) in [6.07, 6.45) is 3.39. The molecule has 0 fully saturated rings. The van der Waals surface area contributed by atoms with Crippen molar-refractivity contribution < 1.29 is 9.21 Å². The van der Waals surface area contributed by atoms with Crippen LogP contribution in [0.4, 0.5) is 5.69 Å². The molecule has 4 nitrogen and oxygen atoms in total. The Morgan fingerprint density at radius 2 is 2.05 bits per heavy atom. The lowest BCUT2D eigenvalue weighted by Crippen LogP contribution is -2.30. The normalized spacial score (nSPS) is 12.0. The molecular weight excluding hydrogens is 264 g/mol. The van der Waals surface area contributed by atoms with Crippen molar-refractivity contribution in [3.05, 3.63) is 54.0 Å². The van der Waals surface area contributed by atoms with Crippen LogP contribution in [0.2, 0.25) is 0 Å². The van der Waals surface area contributed by atoms with Crippen LogP contribution in [0.5, 0.6) is 0 Å². The Morgan fingerprint density at radius 3 is 2.67 bits per heavy atom. The molecule has 4 heteroatoms. The summed E-state index contributed by atoms with van der Waals surface area (Å²) < 4.78 is 5.10. The number of hydrogen-bond acceptors (Lipinski definition) is 3. The lowest BCUT2D eigenvalue weighted by molar-refractivity contribution is 0.0773. The molecule has 1 amide bonds. The molecule has 1 N–H and O–H groups in total. The largest absolute Gasteiger partial charge is 0.472 e. The first-order valence-electron chi connectivity index (χ1n) is 7.33. The molecule has 1 heterocycles. The lowest BCUT2D eigenvalue weighted by Gasteiger charge is -2.19. The number of hydrogen-bond donors (Lipinski definition) is 1. The Hall–Kier alpha value is -2.23. The molecule has 0 bridgehead atoms.